The Kier molecular flexibility index (Phi) is 5.09. The zero-order valence-corrected chi connectivity index (χ0v) is 12.7. The highest BCUT2D eigenvalue weighted by atomic mass is 79.9. The quantitative estimate of drug-likeness (QED) is 0.900. The van der Waals surface area contributed by atoms with E-state index in [-0.39, 0.29) is 11.8 Å². The average Bonchev–Trinajstić information content (AvgIpc) is 2.46. The molecule has 0 saturated carbocycles. The van der Waals surface area contributed by atoms with Gasteiger partial charge in [-0.2, -0.15) is 0 Å². The van der Waals surface area contributed by atoms with Crippen molar-refractivity contribution in [1.82, 2.24) is 4.98 Å². The molecule has 0 amide bonds. The van der Waals surface area contributed by atoms with Crippen molar-refractivity contribution < 1.29 is 9.13 Å². The van der Waals surface area contributed by atoms with Crippen LogP contribution in [-0.4, -0.2) is 11.0 Å². The fraction of sp³-hybridized carbons (Fsp3) is 0.267. The second-order valence-electron chi connectivity index (χ2n) is 4.47. The van der Waals surface area contributed by atoms with Crippen LogP contribution in [0.3, 0.4) is 0 Å². The van der Waals surface area contributed by atoms with Gasteiger partial charge in [0.25, 0.3) is 0 Å². The number of ether oxygens (including phenoxy) is 1. The monoisotopic (exact) mass is 338 g/mol. The fourth-order valence-corrected chi connectivity index (χ4v) is 2.20. The van der Waals surface area contributed by atoms with Crippen molar-refractivity contribution in [3.05, 3.63) is 58.6 Å². The van der Waals surface area contributed by atoms with Gasteiger partial charge in [-0.05, 0) is 30.7 Å². The summed E-state index contributed by atoms with van der Waals surface area (Å²) < 4.78 is 20.3. The van der Waals surface area contributed by atoms with Crippen LogP contribution in [0.4, 0.5) is 4.39 Å². The molecule has 1 aromatic heterocycles. The number of pyridine rings is 1. The van der Waals surface area contributed by atoms with Crippen molar-refractivity contribution in [1.29, 1.82) is 0 Å². The lowest BCUT2D eigenvalue weighted by Crippen LogP contribution is -2.31. The molecule has 0 aliphatic rings. The van der Waals surface area contributed by atoms with Crippen LogP contribution in [0, 0.1) is 5.82 Å². The summed E-state index contributed by atoms with van der Waals surface area (Å²) in [5.41, 5.74) is 6.93. The first kappa shape index (κ1) is 14.9. The zero-order valence-electron chi connectivity index (χ0n) is 11.1. The van der Waals surface area contributed by atoms with Gasteiger partial charge in [-0.3, -0.25) is 4.98 Å². The number of benzene rings is 1. The van der Waals surface area contributed by atoms with Gasteiger partial charge in [0, 0.05) is 28.5 Å². The summed E-state index contributed by atoms with van der Waals surface area (Å²) in [6.07, 6.45) is 3.66. The topological polar surface area (TPSA) is 48.1 Å². The highest BCUT2D eigenvalue weighted by Crippen LogP contribution is 2.28. The standard InChI is InChI=1S/C15H16BrFN2O/c1-2-13(18)15(10-4-3-7-19-9-10)20-14-6-5-11(16)8-12(14)17/h3-9,13,15H,2,18H2,1H3. The van der Waals surface area contributed by atoms with E-state index in [9.17, 15) is 4.39 Å². The third-order valence-corrected chi connectivity index (χ3v) is 3.51. The first-order valence-electron chi connectivity index (χ1n) is 6.39. The van der Waals surface area contributed by atoms with Crippen molar-refractivity contribution in [3.8, 4) is 5.75 Å². The number of hydrogen-bond acceptors (Lipinski definition) is 3. The summed E-state index contributed by atoms with van der Waals surface area (Å²) in [6, 6.07) is 8.15. The maximum absolute atomic E-state index is 13.9. The number of rotatable bonds is 5. The van der Waals surface area contributed by atoms with Gasteiger partial charge in [0.05, 0.1) is 0 Å². The lowest BCUT2D eigenvalue weighted by molar-refractivity contribution is 0.163. The average molecular weight is 339 g/mol. The van der Waals surface area contributed by atoms with E-state index in [0.717, 1.165) is 12.0 Å². The van der Waals surface area contributed by atoms with E-state index in [1.54, 1.807) is 24.5 Å². The summed E-state index contributed by atoms with van der Waals surface area (Å²) in [5.74, 6) is -0.234. The van der Waals surface area contributed by atoms with Crippen LogP contribution in [-0.2, 0) is 0 Å². The first-order valence-corrected chi connectivity index (χ1v) is 7.18. The van der Waals surface area contributed by atoms with Gasteiger partial charge >= 0.3 is 0 Å². The van der Waals surface area contributed by atoms with Crippen molar-refractivity contribution in [2.24, 2.45) is 5.73 Å². The summed E-state index contributed by atoms with van der Waals surface area (Å²) >= 11 is 3.22. The minimum absolute atomic E-state index is 0.186. The molecule has 2 rings (SSSR count). The Morgan fingerprint density at radius 1 is 1.40 bits per heavy atom. The number of hydrogen-bond donors (Lipinski definition) is 1. The minimum Gasteiger partial charge on any atom is -0.481 e. The van der Waals surface area contributed by atoms with Crippen LogP contribution in [0.25, 0.3) is 0 Å². The van der Waals surface area contributed by atoms with Gasteiger partial charge in [-0.1, -0.05) is 28.9 Å². The van der Waals surface area contributed by atoms with Crippen LogP contribution in [0.1, 0.15) is 25.0 Å². The summed E-state index contributed by atoms with van der Waals surface area (Å²) in [6.45, 7) is 1.97. The summed E-state index contributed by atoms with van der Waals surface area (Å²) in [5, 5.41) is 0. The lowest BCUT2D eigenvalue weighted by atomic mass is 10.0. The summed E-state index contributed by atoms with van der Waals surface area (Å²) in [7, 11) is 0. The van der Waals surface area contributed by atoms with Gasteiger partial charge in [0.1, 0.15) is 6.10 Å². The van der Waals surface area contributed by atoms with Gasteiger partial charge in [0.15, 0.2) is 11.6 Å². The molecule has 0 aliphatic carbocycles. The fourth-order valence-electron chi connectivity index (χ4n) is 1.87. The van der Waals surface area contributed by atoms with Crippen molar-refractivity contribution in [2.75, 3.05) is 0 Å². The highest BCUT2D eigenvalue weighted by molar-refractivity contribution is 9.10. The molecule has 2 atom stereocenters. The second kappa shape index (κ2) is 6.81. The van der Waals surface area contributed by atoms with Gasteiger partial charge < -0.3 is 10.5 Å². The van der Waals surface area contributed by atoms with E-state index < -0.39 is 11.9 Å². The van der Waals surface area contributed by atoms with E-state index in [2.05, 4.69) is 20.9 Å². The van der Waals surface area contributed by atoms with Crippen LogP contribution in [0.2, 0.25) is 0 Å². The Morgan fingerprint density at radius 3 is 2.80 bits per heavy atom. The molecule has 5 heteroatoms. The Labute approximate surface area is 126 Å². The lowest BCUT2D eigenvalue weighted by Gasteiger charge is -2.24. The molecule has 0 saturated heterocycles. The van der Waals surface area contributed by atoms with E-state index in [0.29, 0.717) is 4.47 Å². The van der Waals surface area contributed by atoms with Crippen LogP contribution >= 0.6 is 15.9 Å². The number of nitrogens with two attached hydrogens (primary N) is 1. The highest BCUT2D eigenvalue weighted by Gasteiger charge is 2.22. The maximum atomic E-state index is 13.9. The van der Waals surface area contributed by atoms with E-state index in [4.69, 9.17) is 10.5 Å². The predicted molar refractivity (Wildman–Crippen MR) is 80.0 cm³/mol. The number of nitrogens with zero attached hydrogens (tertiary/aromatic N) is 1. The molecule has 2 unspecified atom stereocenters. The first-order chi connectivity index (χ1) is 9.61. The smallest absolute Gasteiger partial charge is 0.166 e. The normalized spacial score (nSPS) is 13.8. The third kappa shape index (κ3) is 3.55. The van der Waals surface area contributed by atoms with E-state index >= 15 is 0 Å². The van der Waals surface area contributed by atoms with Crippen molar-refractivity contribution >= 4 is 15.9 Å². The number of halogens is 2. The minimum atomic E-state index is -0.427. The van der Waals surface area contributed by atoms with Crippen LogP contribution < -0.4 is 10.5 Å². The molecule has 0 radical (unpaired) electrons. The van der Waals surface area contributed by atoms with Gasteiger partial charge in [-0.15, -0.1) is 0 Å². The second-order valence-corrected chi connectivity index (χ2v) is 5.39. The predicted octanol–water partition coefficient (Wildman–Crippen LogP) is 3.84. The summed E-state index contributed by atoms with van der Waals surface area (Å²) in [4.78, 5) is 4.06. The number of aromatic nitrogens is 1. The SMILES string of the molecule is CCC(N)C(Oc1ccc(Br)cc1F)c1cccnc1. The molecule has 2 N–H and O–H groups in total. The van der Waals surface area contributed by atoms with Crippen LogP contribution in [0.15, 0.2) is 47.2 Å². The molecule has 1 heterocycles. The van der Waals surface area contributed by atoms with E-state index in [1.807, 2.05) is 19.1 Å². The van der Waals surface area contributed by atoms with E-state index in [1.165, 1.54) is 6.07 Å². The molecule has 2 aromatic rings. The van der Waals surface area contributed by atoms with Crippen molar-refractivity contribution in [3.63, 3.8) is 0 Å². The zero-order chi connectivity index (χ0) is 14.5. The van der Waals surface area contributed by atoms with Crippen LogP contribution in [0.5, 0.6) is 5.75 Å². The van der Waals surface area contributed by atoms with Crippen molar-refractivity contribution in [2.45, 2.75) is 25.5 Å². The molecular weight excluding hydrogens is 323 g/mol. The maximum Gasteiger partial charge on any atom is 0.166 e. The Bertz CT molecular complexity index is 565. The molecule has 0 fully saturated rings. The molecule has 0 aliphatic heterocycles. The molecule has 106 valence electrons. The molecule has 0 bridgehead atoms. The molecule has 0 spiro atoms. The molecular formula is C15H16BrFN2O. The Balaban J connectivity index is 2.29. The Hall–Kier alpha value is -1.46. The molecule has 20 heavy (non-hydrogen) atoms. The largest absolute Gasteiger partial charge is 0.481 e. The third-order valence-electron chi connectivity index (χ3n) is 3.02. The molecule has 1 aromatic carbocycles. The van der Waals surface area contributed by atoms with Gasteiger partial charge in [0.2, 0.25) is 0 Å². The Morgan fingerprint density at radius 2 is 2.20 bits per heavy atom. The van der Waals surface area contributed by atoms with Gasteiger partial charge in [-0.25, -0.2) is 4.39 Å². The molecule has 3 nitrogen and oxygen atoms in total.